The quantitative estimate of drug-likeness (QED) is 0.570. The molecule has 2 aromatic carbocycles. The third kappa shape index (κ3) is 3.25. The number of nitrogens with one attached hydrogen (secondary N) is 1. The zero-order chi connectivity index (χ0) is 18.9. The standard InChI is InChI=1S/C20H20N6OS/c27-20-25(22-23-26(20)16-8-2-1-3-9-16)14-24-12-6-7-15(13-24)19-21-17-10-4-5-11-18(17)28-19/h1-5,8-11,15H,6-7,12-14H2/p+1/t15-/m1/s1. The largest absolute Gasteiger partial charge is 0.373 e. The van der Waals surface area contributed by atoms with Gasteiger partial charge in [-0.1, -0.05) is 30.3 Å². The predicted octanol–water partition coefficient (Wildman–Crippen LogP) is 1.46. The van der Waals surface area contributed by atoms with E-state index in [0.717, 1.165) is 37.1 Å². The zero-order valence-corrected chi connectivity index (χ0v) is 16.2. The Balaban J connectivity index is 1.33. The van der Waals surface area contributed by atoms with E-state index >= 15 is 0 Å². The number of benzene rings is 2. The summed E-state index contributed by atoms with van der Waals surface area (Å²) in [5.41, 5.74) is 1.62. The molecule has 5 rings (SSSR count). The maximum atomic E-state index is 12.7. The van der Waals surface area contributed by atoms with Crippen LogP contribution in [0.25, 0.3) is 15.9 Å². The number of likely N-dealkylation sites (tertiary alicyclic amines) is 1. The summed E-state index contributed by atoms with van der Waals surface area (Å²) in [7, 11) is 0. The summed E-state index contributed by atoms with van der Waals surface area (Å²) >= 11 is 1.79. The third-order valence-electron chi connectivity index (χ3n) is 5.29. The van der Waals surface area contributed by atoms with Crippen LogP contribution >= 0.6 is 11.3 Å². The highest BCUT2D eigenvalue weighted by atomic mass is 32.1. The molecule has 8 heteroatoms. The van der Waals surface area contributed by atoms with Crippen molar-refractivity contribution < 1.29 is 4.90 Å². The number of thiazole rings is 1. The number of piperidine rings is 1. The van der Waals surface area contributed by atoms with E-state index in [1.165, 1.54) is 24.0 Å². The number of tetrazole rings is 1. The van der Waals surface area contributed by atoms with E-state index in [1.807, 2.05) is 36.4 Å². The number of nitrogens with zero attached hydrogens (tertiary/aromatic N) is 5. The number of fused-ring (bicyclic) bond motifs is 1. The van der Waals surface area contributed by atoms with Crippen LogP contribution in [0, 0.1) is 0 Å². The first-order chi connectivity index (χ1) is 13.8. The van der Waals surface area contributed by atoms with Gasteiger partial charge >= 0.3 is 5.69 Å². The summed E-state index contributed by atoms with van der Waals surface area (Å²) in [6, 6.07) is 17.7. The highest BCUT2D eigenvalue weighted by molar-refractivity contribution is 7.18. The lowest BCUT2D eigenvalue weighted by molar-refractivity contribution is -0.929. The number of hydrogen-bond donors (Lipinski definition) is 1. The highest BCUT2D eigenvalue weighted by Gasteiger charge is 2.28. The molecule has 0 amide bonds. The Labute approximate surface area is 165 Å². The van der Waals surface area contributed by atoms with Gasteiger partial charge in [-0.15, -0.1) is 16.0 Å². The van der Waals surface area contributed by atoms with E-state index < -0.39 is 0 Å². The van der Waals surface area contributed by atoms with Gasteiger partial charge in [-0.3, -0.25) is 0 Å². The Hall–Kier alpha value is -2.84. The van der Waals surface area contributed by atoms with Crippen molar-refractivity contribution in [3.05, 3.63) is 70.1 Å². The fourth-order valence-electron chi connectivity index (χ4n) is 3.89. The Morgan fingerprint density at radius 2 is 1.89 bits per heavy atom. The number of quaternary nitrogens is 1. The van der Waals surface area contributed by atoms with Crippen LogP contribution in [0.3, 0.4) is 0 Å². The van der Waals surface area contributed by atoms with E-state index in [0.29, 0.717) is 12.6 Å². The minimum absolute atomic E-state index is 0.194. The molecular formula is C20H21N6OS+. The summed E-state index contributed by atoms with van der Waals surface area (Å²) in [5.74, 6) is 0.432. The SMILES string of the molecule is O=c1n(C[NH+]2CCC[C@@H](c3nc4ccccc4s3)C2)nnn1-c1ccccc1. The number of aromatic nitrogens is 5. The van der Waals surface area contributed by atoms with Gasteiger partial charge in [0.1, 0.15) is 5.01 Å². The van der Waals surface area contributed by atoms with Crippen molar-refractivity contribution in [3.63, 3.8) is 0 Å². The minimum atomic E-state index is -0.194. The van der Waals surface area contributed by atoms with Crippen LogP contribution in [0.5, 0.6) is 0 Å². The summed E-state index contributed by atoms with van der Waals surface area (Å²) in [6.45, 7) is 2.53. The fraction of sp³-hybridized carbons (Fsp3) is 0.300. The van der Waals surface area contributed by atoms with E-state index in [1.54, 1.807) is 11.3 Å². The smallest absolute Gasteiger partial charge is 0.316 e. The first-order valence-electron chi connectivity index (χ1n) is 9.55. The second kappa shape index (κ2) is 7.29. The predicted molar refractivity (Wildman–Crippen MR) is 108 cm³/mol. The second-order valence-corrected chi connectivity index (χ2v) is 8.29. The van der Waals surface area contributed by atoms with E-state index in [2.05, 4.69) is 28.6 Å². The molecule has 2 aromatic heterocycles. The molecular weight excluding hydrogens is 372 g/mol. The topological polar surface area (TPSA) is 70.0 Å². The molecule has 1 aliphatic heterocycles. The van der Waals surface area contributed by atoms with Gasteiger partial charge in [-0.05, 0) is 47.5 Å². The Kier molecular flexibility index (Phi) is 4.50. The number of hydrogen-bond acceptors (Lipinski definition) is 5. The maximum Gasteiger partial charge on any atom is 0.373 e. The molecule has 1 fully saturated rings. The molecule has 7 nitrogen and oxygen atoms in total. The van der Waals surface area contributed by atoms with Crippen molar-refractivity contribution in [1.82, 2.24) is 24.8 Å². The van der Waals surface area contributed by atoms with E-state index in [-0.39, 0.29) is 5.69 Å². The van der Waals surface area contributed by atoms with Gasteiger partial charge in [0.05, 0.1) is 34.9 Å². The zero-order valence-electron chi connectivity index (χ0n) is 15.4. The van der Waals surface area contributed by atoms with Crippen LogP contribution in [0.4, 0.5) is 0 Å². The van der Waals surface area contributed by atoms with Crippen LogP contribution in [-0.2, 0) is 6.67 Å². The number of para-hydroxylation sites is 2. The first-order valence-corrected chi connectivity index (χ1v) is 10.4. The molecule has 1 aliphatic rings. The van der Waals surface area contributed by atoms with Crippen molar-refractivity contribution in [2.75, 3.05) is 13.1 Å². The summed E-state index contributed by atoms with van der Waals surface area (Å²) in [4.78, 5) is 18.9. The molecule has 0 saturated carbocycles. The van der Waals surface area contributed by atoms with Crippen LogP contribution in [0.15, 0.2) is 59.4 Å². The molecule has 2 atom stereocenters. The second-order valence-electron chi connectivity index (χ2n) is 7.23. The molecule has 28 heavy (non-hydrogen) atoms. The van der Waals surface area contributed by atoms with Crippen LogP contribution in [-0.4, -0.2) is 37.9 Å². The summed E-state index contributed by atoms with van der Waals surface area (Å²) in [6.07, 6.45) is 2.27. The van der Waals surface area contributed by atoms with Crippen molar-refractivity contribution in [2.24, 2.45) is 0 Å². The minimum Gasteiger partial charge on any atom is -0.316 e. The van der Waals surface area contributed by atoms with Gasteiger partial charge in [0, 0.05) is 0 Å². The Bertz CT molecular complexity index is 1120. The van der Waals surface area contributed by atoms with E-state index in [9.17, 15) is 4.79 Å². The lowest BCUT2D eigenvalue weighted by atomic mass is 9.99. The van der Waals surface area contributed by atoms with Crippen LogP contribution in [0.1, 0.15) is 23.8 Å². The first kappa shape index (κ1) is 17.3. The number of rotatable bonds is 4. The molecule has 1 saturated heterocycles. The van der Waals surface area contributed by atoms with Gasteiger partial charge < -0.3 is 4.90 Å². The average Bonchev–Trinajstić information content (AvgIpc) is 3.33. The Morgan fingerprint density at radius 1 is 1.07 bits per heavy atom. The van der Waals surface area contributed by atoms with Gasteiger partial charge in [0.2, 0.25) is 0 Å². The lowest BCUT2D eigenvalue weighted by Gasteiger charge is -2.28. The molecule has 142 valence electrons. The van der Waals surface area contributed by atoms with Crippen LogP contribution < -0.4 is 10.6 Å². The molecule has 4 aromatic rings. The molecule has 0 aliphatic carbocycles. The summed E-state index contributed by atoms with van der Waals surface area (Å²) < 4.78 is 4.07. The van der Waals surface area contributed by atoms with Gasteiger partial charge in [0.15, 0.2) is 6.67 Å². The Morgan fingerprint density at radius 3 is 2.75 bits per heavy atom. The third-order valence-corrected chi connectivity index (χ3v) is 6.49. The monoisotopic (exact) mass is 393 g/mol. The molecule has 0 bridgehead atoms. The van der Waals surface area contributed by atoms with Gasteiger partial charge in [0.25, 0.3) is 0 Å². The molecule has 0 spiro atoms. The van der Waals surface area contributed by atoms with E-state index in [4.69, 9.17) is 4.98 Å². The van der Waals surface area contributed by atoms with Crippen molar-refractivity contribution >= 4 is 21.6 Å². The highest BCUT2D eigenvalue weighted by Crippen LogP contribution is 2.30. The van der Waals surface area contributed by atoms with Crippen molar-refractivity contribution in [2.45, 2.75) is 25.4 Å². The normalized spacial score (nSPS) is 19.9. The molecule has 1 unspecified atom stereocenters. The molecule has 1 N–H and O–H groups in total. The van der Waals surface area contributed by atoms with Gasteiger partial charge in [-0.25, -0.2) is 9.78 Å². The van der Waals surface area contributed by atoms with Gasteiger partial charge in [-0.2, -0.15) is 4.68 Å². The molecule has 0 radical (unpaired) electrons. The van der Waals surface area contributed by atoms with Crippen LogP contribution in [0.2, 0.25) is 0 Å². The lowest BCUT2D eigenvalue weighted by Crippen LogP contribution is -3.13. The fourth-order valence-corrected chi connectivity index (χ4v) is 4.99. The van der Waals surface area contributed by atoms with Crippen molar-refractivity contribution in [3.8, 4) is 5.69 Å². The molecule has 3 heterocycles. The summed E-state index contributed by atoms with van der Waals surface area (Å²) in [5, 5.41) is 9.36. The van der Waals surface area contributed by atoms with Crippen molar-refractivity contribution in [1.29, 1.82) is 0 Å². The average molecular weight is 393 g/mol. The maximum absolute atomic E-state index is 12.7.